The molecular formula is C13H18FN3O. The van der Waals surface area contributed by atoms with Gasteiger partial charge in [0.15, 0.2) is 0 Å². The first-order valence-corrected chi connectivity index (χ1v) is 6.10. The molecule has 1 fully saturated rings. The maximum absolute atomic E-state index is 13.4. The van der Waals surface area contributed by atoms with E-state index < -0.39 is 0 Å². The van der Waals surface area contributed by atoms with E-state index in [2.05, 4.69) is 15.5 Å². The van der Waals surface area contributed by atoms with Crippen LogP contribution in [0.4, 0.5) is 4.39 Å². The first kappa shape index (κ1) is 13.0. The Kier molecular flexibility index (Phi) is 4.28. The van der Waals surface area contributed by atoms with Gasteiger partial charge < -0.3 is 15.5 Å². The van der Waals surface area contributed by atoms with Crippen molar-refractivity contribution in [1.29, 1.82) is 0 Å². The quantitative estimate of drug-likeness (QED) is 0.814. The van der Waals surface area contributed by atoms with Gasteiger partial charge in [0.05, 0.1) is 6.04 Å². The van der Waals surface area contributed by atoms with E-state index in [0.717, 1.165) is 13.1 Å². The Balaban J connectivity index is 1.86. The van der Waals surface area contributed by atoms with Crippen molar-refractivity contribution in [3.05, 3.63) is 35.6 Å². The Morgan fingerprint density at radius 3 is 3.06 bits per heavy atom. The number of nitrogens with one attached hydrogen (secondary N) is 2. The number of nitrogens with zero attached hydrogens (tertiary/aromatic N) is 1. The molecule has 0 aromatic heterocycles. The largest absolute Gasteiger partial charge is 0.351 e. The number of hydrogen-bond acceptors (Lipinski definition) is 3. The molecule has 1 aromatic carbocycles. The molecule has 1 amide bonds. The zero-order chi connectivity index (χ0) is 13.0. The number of piperazine rings is 1. The Labute approximate surface area is 106 Å². The summed E-state index contributed by atoms with van der Waals surface area (Å²) in [5.41, 5.74) is 0.509. The molecule has 1 atom stereocenters. The zero-order valence-electron chi connectivity index (χ0n) is 10.4. The molecule has 4 nitrogen and oxygen atoms in total. The van der Waals surface area contributed by atoms with Crippen LogP contribution in [0, 0.1) is 5.82 Å². The Hall–Kier alpha value is -1.46. The number of amides is 1. The smallest absolute Gasteiger partial charge is 0.238 e. The van der Waals surface area contributed by atoms with Crippen molar-refractivity contribution in [3.63, 3.8) is 0 Å². The highest BCUT2D eigenvalue weighted by atomic mass is 19.1. The van der Waals surface area contributed by atoms with Crippen LogP contribution >= 0.6 is 0 Å². The fraction of sp³-hybridized carbons (Fsp3) is 0.462. The summed E-state index contributed by atoms with van der Waals surface area (Å²) in [5, 5.41) is 5.91. The highest BCUT2D eigenvalue weighted by Crippen LogP contribution is 2.05. The molecular weight excluding hydrogens is 233 g/mol. The molecule has 0 radical (unpaired) electrons. The highest BCUT2D eigenvalue weighted by Gasteiger charge is 2.22. The SMILES string of the molecule is CN1CCNC(C(=O)NCc2ccccc2F)C1. The van der Waals surface area contributed by atoms with Crippen LogP contribution in [-0.2, 0) is 11.3 Å². The molecule has 1 saturated heterocycles. The lowest BCUT2D eigenvalue weighted by Crippen LogP contribution is -2.55. The first-order valence-electron chi connectivity index (χ1n) is 6.10. The van der Waals surface area contributed by atoms with Gasteiger partial charge in [-0.3, -0.25) is 4.79 Å². The van der Waals surface area contributed by atoms with Crippen LogP contribution in [0.15, 0.2) is 24.3 Å². The minimum absolute atomic E-state index is 0.0789. The van der Waals surface area contributed by atoms with Gasteiger partial charge in [-0.15, -0.1) is 0 Å². The second-order valence-electron chi connectivity index (χ2n) is 4.58. The topological polar surface area (TPSA) is 44.4 Å². The van der Waals surface area contributed by atoms with E-state index >= 15 is 0 Å². The van der Waals surface area contributed by atoms with Crippen LogP contribution in [0.2, 0.25) is 0 Å². The third-order valence-corrected chi connectivity index (χ3v) is 3.11. The van der Waals surface area contributed by atoms with Crippen molar-refractivity contribution in [2.75, 3.05) is 26.7 Å². The maximum atomic E-state index is 13.4. The number of benzene rings is 1. The average Bonchev–Trinajstić information content (AvgIpc) is 2.37. The molecule has 2 rings (SSSR count). The van der Waals surface area contributed by atoms with E-state index in [0.29, 0.717) is 12.1 Å². The van der Waals surface area contributed by atoms with E-state index in [1.807, 2.05) is 7.05 Å². The molecule has 5 heteroatoms. The predicted molar refractivity (Wildman–Crippen MR) is 67.5 cm³/mol. The van der Waals surface area contributed by atoms with Gasteiger partial charge >= 0.3 is 0 Å². The van der Waals surface area contributed by atoms with Crippen molar-refractivity contribution >= 4 is 5.91 Å². The molecule has 1 aromatic rings. The number of rotatable bonds is 3. The number of carbonyl (C=O) groups is 1. The summed E-state index contributed by atoms with van der Waals surface area (Å²) < 4.78 is 13.4. The number of carbonyl (C=O) groups excluding carboxylic acids is 1. The molecule has 1 heterocycles. The summed E-state index contributed by atoms with van der Waals surface area (Å²) in [5.74, 6) is -0.365. The average molecular weight is 251 g/mol. The van der Waals surface area contributed by atoms with Crippen LogP contribution in [-0.4, -0.2) is 43.5 Å². The lowest BCUT2D eigenvalue weighted by atomic mass is 10.2. The van der Waals surface area contributed by atoms with Crippen LogP contribution in [0.5, 0.6) is 0 Å². The van der Waals surface area contributed by atoms with Gasteiger partial charge in [0.1, 0.15) is 5.82 Å². The fourth-order valence-electron chi connectivity index (χ4n) is 2.02. The van der Waals surface area contributed by atoms with Gasteiger partial charge in [-0.1, -0.05) is 18.2 Å². The van der Waals surface area contributed by atoms with E-state index in [9.17, 15) is 9.18 Å². The van der Waals surface area contributed by atoms with E-state index in [-0.39, 0.29) is 24.3 Å². The van der Waals surface area contributed by atoms with Gasteiger partial charge in [0.25, 0.3) is 0 Å². The number of hydrogen-bond donors (Lipinski definition) is 2. The highest BCUT2D eigenvalue weighted by molar-refractivity contribution is 5.82. The molecule has 0 bridgehead atoms. The summed E-state index contributed by atoms with van der Waals surface area (Å²) in [6.45, 7) is 2.65. The number of halogens is 1. The van der Waals surface area contributed by atoms with Gasteiger partial charge in [-0.2, -0.15) is 0 Å². The first-order chi connectivity index (χ1) is 8.66. The van der Waals surface area contributed by atoms with Gasteiger partial charge in [-0.05, 0) is 13.1 Å². The van der Waals surface area contributed by atoms with Crippen LogP contribution < -0.4 is 10.6 Å². The monoisotopic (exact) mass is 251 g/mol. The molecule has 0 spiro atoms. The Morgan fingerprint density at radius 1 is 1.56 bits per heavy atom. The summed E-state index contributed by atoms with van der Waals surface area (Å²) >= 11 is 0. The second-order valence-corrected chi connectivity index (χ2v) is 4.58. The van der Waals surface area contributed by atoms with Crippen LogP contribution in [0.25, 0.3) is 0 Å². The van der Waals surface area contributed by atoms with Crippen molar-refractivity contribution in [1.82, 2.24) is 15.5 Å². The van der Waals surface area contributed by atoms with Crippen molar-refractivity contribution in [2.45, 2.75) is 12.6 Å². The standard InChI is InChI=1S/C13H18FN3O/c1-17-7-6-15-12(9-17)13(18)16-8-10-4-2-3-5-11(10)14/h2-5,12,15H,6-9H2,1H3,(H,16,18). The normalized spacial score (nSPS) is 20.7. The summed E-state index contributed by atoms with van der Waals surface area (Å²) in [4.78, 5) is 14.0. The minimum Gasteiger partial charge on any atom is -0.351 e. The van der Waals surface area contributed by atoms with Crippen molar-refractivity contribution in [2.24, 2.45) is 0 Å². The van der Waals surface area contributed by atoms with E-state index in [1.165, 1.54) is 6.07 Å². The van der Waals surface area contributed by atoms with Gasteiger partial charge in [-0.25, -0.2) is 4.39 Å². The molecule has 1 unspecified atom stereocenters. The molecule has 1 aliphatic heterocycles. The molecule has 0 aliphatic carbocycles. The molecule has 0 saturated carbocycles. The van der Waals surface area contributed by atoms with Crippen molar-refractivity contribution < 1.29 is 9.18 Å². The fourth-order valence-corrected chi connectivity index (χ4v) is 2.02. The van der Waals surface area contributed by atoms with E-state index in [4.69, 9.17) is 0 Å². The molecule has 98 valence electrons. The van der Waals surface area contributed by atoms with Crippen molar-refractivity contribution in [3.8, 4) is 0 Å². The van der Waals surface area contributed by atoms with E-state index in [1.54, 1.807) is 18.2 Å². The Morgan fingerprint density at radius 2 is 2.33 bits per heavy atom. The third kappa shape index (κ3) is 3.27. The van der Waals surface area contributed by atoms with Gasteiger partial charge in [0.2, 0.25) is 5.91 Å². The van der Waals surface area contributed by atoms with Gasteiger partial charge in [0, 0.05) is 31.7 Å². The maximum Gasteiger partial charge on any atom is 0.238 e. The second kappa shape index (κ2) is 5.93. The summed E-state index contributed by atoms with van der Waals surface area (Å²) in [7, 11) is 1.98. The molecule has 2 N–H and O–H groups in total. The summed E-state index contributed by atoms with van der Waals surface area (Å²) in [6.07, 6.45) is 0. The number of likely N-dealkylation sites (N-methyl/N-ethyl adjacent to an activating group) is 1. The molecule has 1 aliphatic rings. The van der Waals surface area contributed by atoms with Crippen LogP contribution in [0.3, 0.4) is 0 Å². The lowest BCUT2D eigenvalue weighted by Gasteiger charge is -2.29. The molecule has 18 heavy (non-hydrogen) atoms. The lowest BCUT2D eigenvalue weighted by molar-refractivity contribution is -0.124. The predicted octanol–water partition coefficient (Wildman–Crippen LogP) is 0.345. The Bertz CT molecular complexity index is 424. The minimum atomic E-state index is -0.286. The zero-order valence-corrected chi connectivity index (χ0v) is 10.4. The van der Waals surface area contributed by atoms with Crippen LogP contribution in [0.1, 0.15) is 5.56 Å². The summed E-state index contributed by atoms with van der Waals surface area (Å²) in [6, 6.07) is 6.26. The third-order valence-electron chi connectivity index (χ3n) is 3.11.